The van der Waals surface area contributed by atoms with Crippen LogP contribution in [0, 0.1) is 6.92 Å². The molecule has 0 aliphatic rings. The van der Waals surface area contributed by atoms with E-state index >= 15 is 0 Å². The summed E-state index contributed by atoms with van der Waals surface area (Å²) in [6, 6.07) is 0. The first-order valence-electron chi connectivity index (χ1n) is 7.50. The molecule has 0 aliphatic heterocycles. The number of hydrogen-bond donors (Lipinski definition) is 0. The first-order chi connectivity index (χ1) is 8.64. The molecule has 0 aromatic carbocycles. The van der Waals surface area contributed by atoms with E-state index < -0.39 is 0 Å². The molecule has 1 aromatic rings. The van der Waals surface area contributed by atoms with Crippen LogP contribution in [0.3, 0.4) is 0 Å². The number of thiazole rings is 1. The molecule has 114 valence electrons. The summed E-state index contributed by atoms with van der Waals surface area (Å²) in [5.41, 5.74) is 0. The van der Waals surface area contributed by atoms with Gasteiger partial charge in [0, 0.05) is 35.5 Å². The molecule has 0 atom stereocenters. The van der Waals surface area contributed by atoms with Crippen LogP contribution < -0.4 is 0 Å². The Balaban J connectivity index is -0.0000000796. The van der Waals surface area contributed by atoms with Gasteiger partial charge in [-0.15, -0.1) is 11.3 Å². The molecule has 3 heteroatoms. The van der Waals surface area contributed by atoms with Gasteiger partial charge in [-0.25, -0.2) is 0 Å². The second-order valence-electron chi connectivity index (χ2n) is 4.05. The van der Waals surface area contributed by atoms with Crippen LogP contribution in [-0.4, -0.2) is 28.9 Å². The van der Waals surface area contributed by atoms with E-state index in [1.807, 2.05) is 12.3 Å². The molecule has 0 aliphatic carbocycles. The minimum absolute atomic E-state index is 0. The zero-order valence-electron chi connectivity index (χ0n) is 14.3. The Labute approximate surface area is 143 Å². The first kappa shape index (κ1) is 27.7. The van der Waals surface area contributed by atoms with Crippen molar-refractivity contribution in [3.8, 4) is 0 Å². The average Bonchev–Trinajstić information content (AvgIpc) is 2.90. The molecule has 0 amide bonds. The molecular weight excluding hydrogens is 357 g/mol. The van der Waals surface area contributed by atoms with E-state index in [1.54, 1.807) is 17.5 Å². The number of hydrogen-bond acceptors (Lipinski definition) is 2. The molecular formula is C16H35NSSn. The third kappa shape index (κ3) is 45.7. The predicted octanol–water partition coefficient (Wildman–Crippen LogP) is 6.49. The van der Waals surface area contributed by atoms with Gasteiger partial charge in [-0.2, -0.15) is 0 Å². The molecule has 0 bridgehead atoms. The van der Waals surface area contributed by atoms with Gasteiger partial charge in [-0.1, -0.05) is 80.1 Å². The minimum atomic E-state index is 0. The van der Waals surface area contributed by atoms with E-state index in [2.05, 4.69) is 46.5 Å². The molecule has 19 heavy (non-hydrogen) atoms. The van der Waals surface area contributed by atoms with Crippen molar-refractivity contribution in [2.45, 2.75) is 87.0 Å². The Morgan fingerprint density at radius 2 is 1.11 bits per heavy atom. The van der Waals surface area contributed by atoms with Crippen LogP contribution in [0.2, 0.25) is 0 Å². The van der Waals surface area contributed by atoms with Crippen molar-refractivity contribution in [2.75, 3.05) is 0 Å². The van der Waals surface area contributed by atoms with Crippen molar-refractivity contribution in [3.05, 3.63) is 16.6 Å². The molecule has 0 saturated carbocycles. The van der Waals surface area contributed by atoms with Gasteiger partial charge in [-0.3, -0.25) is 4.98 Å². The van der Waals surface area contributed by atoms with Crippen LogP contribution >= 0.6 is 11.3 Å². The summed E-state index contributed by atoms with van der Waals surface area (Å²) < 4.78 is 0. The van der Waals surface area contributed by atoms with Crippen LogP contribution in [0.4, 0.5) is 0 Å². The average molecular weight is 392 g/mol. The number of aromatic nitrogens is 1. The fourth-order valence-electron chi connectivity index (χ4n) is 0.295. The summed E-state index contributed by atoms with van der Waals surface area (Å²) in [7, 11) is 0. The number of unbranched alkanes of at least 4 members (excludes halogenated alkanes) is 3. The van der Waals surface area contributed by atoms with Gasteiger partial charge < -0.3 is 0 Å². The maximum absolute atomic E-state index is 3.94. The van der Waals surface area contributed by atoms with Crippen molar-refractivity contribution >= 4 is 35.2 Å². The maximum Gasteiger partial charge on any atom is 0.0893 e. The van der Waals surface area contributed by atoms with Gasteiger partial charge in [0.1, 0.15) is 0 Å². The molecule has 0 fully saturated rings. The normalized spacial score (nSPS) is 7.53. The zero-order valence-corrected chi connectivity index (χ0v) is 17.9. The predicted molar refractivity (Wildman–Crippen MR) is 94.4 cm³/mol. The second-order valence-corrected chi connectivity index (χ2v) is 5.15. The summed E-state index contributed by atoms with van der Waals surface area (Å²) in [5.74, 6) is 0. The Morgan fingerprint density at radius 3 is 1.16 bits per heavy atom. The van der Waals surface area contributed by atoms with E-state index in [9.17, 15) is 0 Å². The Bertz CT molecular complexity index is 173. The van der Waals surface area contributed by atoms with Gasteiger partial charge in [0.25, 0.3) is 0 Å². The van der Waals surface area contributed by atoms with E-state index in [0.717, 1.165) is 5.01 Å². The SMILES string of the molecule is CCCC.CCCC.CCCC.Cc1nccs1.[Sn]. The number of rotatable bonds is 3. The van der Waals surface area contributed by atoms with E-state index in [-0.39, 0.29) is 23.9 Å². The van der Waals surface area contributed by atoms with Crippen molar-refractivity contribution in [2.24, 2.45) is 0 Å². The standard InChI is InChI=1S/C4H5NS.3C4H10.Sn/c1-4-5-2-3-6-4;3*1-3-4-2;/h2-3H,1H3;3*3-4H2,1-2H3;. The number of aryl methyl sites for hydroxylation is 1. The van der Waals surface area contributed by atoms with Crippen molar-refractivity contribution in [1.82, 2.24) is 4.98 Å². The third-order valence-electron chi connectivity index (χ3n) is 2.06. The molecule has 1 aromatic heterocycles. The maximum atomic E-state index is 3.94. The van der Waals surface area contributed by atoms with Crippen LogP contribution in [0.5, 0.6) is 0 Å². The van der Waals surface area contributed by atoms with E-state index in [0.29, 0.717) is 0 Å². The fraction of sp³-hybridized carbons (Fsp3) is 0.812. The van der Waals surface area contributed by atoms with Crippen molar-refractivity contribution in [1.29, 1.82) is 0 Å². The Hall–Kier alpha value is 0.429. The molecule has 0 N–H and O–H groups in total. The van der Waals surface area contributed by atoms with Gasteiger partial charge in [0.2, 0.25) is 0 Å². The smallest absolute Gasteiger partial charge is 0.0893 e. The first-order valence-corrected chi connectivity index (χ1v) is 8.38. The Morgan fingerprint density at radius 1 is 0.789 bits per heavy atom. The van der Waals surface area contributed by atoms with Crippen molar-refractivity contribution < 1.29 is 0 Å². The topological polar surface area (TPSA) is 12.9 Å². The molecule has 1 nitrogen and oxygen atoms in total. The molecule has 1 rings (SSSR count). The summed E-state index contributed by atoms with van der Waals surface area (Å²) in [6.07, 6.45) is 9.72. The molecule has 0 spiro atoms. The quantitative estimate of drug-likeness (QED) is 0.536. The Kier molecular flexibility index (Phi) is 45.3. The van der Waals surface area contributed by atoms with E-state index in [1.165, 1.54) is 38.5 Å². The number of nitrogens with zero attached hydrogens (tertiary/aromatic N) is 1. The minimum Gasteiger partial charge on any atom is -0.250 e. The molecule has 0 saturated heterocycles. The summed E-state index contributed by atoms with van der Waals surface area (Å²) in [5, 5.41) is 3.10. The summed E-state index contributed by atoms with van der Waals surface area (Å²) in [6.45, 7) is 15.1. The molecule has 1 heterocycles. The molecule has 0 unspecified atom stereocenters. The fourth-order valence-corrected chi connectivity index (χ4v) is 0.735. The zero-order chi connectivity index (χ0) is 14.6. The molecule has 4 radical (unpaired) electrons. The van der Waals surface area contributed by atoms with Crippen LogP contribution in [0.1, 0.15) is 85.1 Å². The summed E-state index contributed by atoms with van der Waals surface area (Å²) >= 11 is 1.67. The van der Waals surface area contributed by atoms with E-state index in [4.69, 9.17) is 0 Å². The third-order valence-corrected chi connectivity index (χ3v) is 2.76. The van der Waals surface area contributed by atoms with Gasteiger partial charge in [-0.05, 0) is 6.92 Å². The van der Waals surface area contributed by atoms with Crippen molar-refractivity contribution in [3.63, 3.8) is 0 Å². The summed E-state index contributed by atoms with van der Waals surface area (Å²) in [4.78, 5) is 3.94. The van der Waals surface area contributed by atoms with Crippen LogP contribution in [0.15, 0.2) is 11.6 Å². The monoisotopic (exact) mass is 393 g/mol. The van der Waals surface area contributed by atoms with Crippen LogP contribution in [-0.2, 0) is 0 Å². The van der Waals surface area contributed by atoms with Gasteiger partial charge in [0.05, 0.1) is 5.01 Å². The van der Waals surface area contributed by atoms with Gasteiger partial charge in [0.15, 0.2) is 0 Å². The second kappa shape index (κ2) is 31.0. The van der Waals surface area contributed by atoms with Crippen LogP contribution in [0.25, 0.3) is 0 Å². The largest absolute Gasteiger partial charge is 0.250 e. The van der Waals surface area contributed by atoms with Gasteiger partial charge >= 0.3 is 0 Å².